The van der Waals surface area contributed by atoms with Crippen molar-refractivity contribution in [2.75, 3.05) is 0 Å². The number of aryl methyl sites for hydroxylation is 1. The Labute approximate surface area is 111 Å². The van der Waals surface area contributed by atoms with Crippen molar-refractivity contribution in [1.82, 2.24) is 15.2 Å². The average Bonchev–Trinajstić information content (AvgIpc) is 2.86. The van der Waals surface area contributed by atoms with Crippen LogP contribution in [0.4, 0.5) is 0 Å². The van der Waals surface area contributed by atoms with Gasteiger partial charge in [-0.15, -0.1) is 0 Å². The maximum atomic E-state index is 5.69. The number of rotatable bonds is 3. The molecule has 19 heavy (non-hydrogen) atoms. The molecule has 0 saturated heterocycles. The van der Waals surface area contributed by atoms with Gasteiger partial charge in [-0.05, 0) is 28.5 Å². The topological polar surface area (TPSA) is 55.9 Å². The Morgan fingerprint density at radius 2 is 1.89 bits per heavy atom. The Hall–Kier alpha value is -2.17. The minimum atomic E-state index is -0.0918. The van der Waals surface area contributed by atoms with Gasteiger partial charge in [-0.2, -0.15) is 5.10 Å². The van der Waals surface area contributed by atoms with E-state index < -0.39 is 0 Å². The number of fused-ring (bicyclic) bond motifs is 1. The highest BCUT2D eigenvalue weighted by Crippen LogP contribution is 2.23. The van der Waals surface area contributed by atoms with Gasteiger partial charge in [-0.25, -0.2) is 5.43 Å². The first-order chi connectivity index (χ1) is 9.28. The van der Waals surface area contributed by atoms with Gasteiger partial charge in [-0.3, -0.25) is 10.5 Å². The van der Waals surface area contributed by atoms with Gasteiger partial charge in [0.1, 0.15) is 0 Å². The monoisotopic (exact) mass is 252 g/mol. The fraction of sp³-hybridized carbons (Fsp3) is 0.133. The number of hydrazine groups is 1. The molecule has 0 fully saturated rings. The molecule has 0 aliphatic rings. The highest BCUT2D eigenvalue weighted by Gasteiger charge is 2.15. The van der Waals surface area contributed by atoms with Gasteiger partial charge in [0.15, 0.2) is 0 Å². The average molecular weight is 252 g/mol. The first-order valence-electron chi connectivity index (χ1n) is 6.22. The summed E-state index contributed by atoms with van der Waals surface area (Å²) in [4.78, 5) is 0. The molecule has 3 rings (SSSR count). The highest BCUT2D eigenvalue weighted by atomic mass is 15.3. The molecule has 0 bridgehead atoms. The Kier molecular flexibility index (Phi) is 3.03. The van der Waals surface area contributed by atoms with Crippen molar-refractivity contribution in [3.8, 4) is 0 Å². The van der Waals surface area contributed by atoms with E-state index >= 15 is 0 Å². The summed E-state index contributed by atoms with van der Waals surface area (Å²) < 4.78 is 1.78. The van der Waals surface area contributed by atoms with Crippen molar-refractivity contribution < 1.29 is 0 Å². The zero-order valence-corrected chi connectivity index (χ0v) is 10.7. The molecule has 0 spiro atoms. The maximum Gasteiger partial charge on any atom is 0.0900 e. The molecular weight excluding hydrogens is 236 g/mol. The second kappa shape index (κ2) is 4.84. The van der Waals surface area contributed by atoms with Gasteiger partial charge in [0.25, 0.3) is 0 Å². The smallest absolute Gasteiger partial charge is 0.0900 e. The molecule has 1 atom stereocenters. The van der Waals surface area contributed by atoms with E-state index in [1.54, 1.807) is 4.68 Å². The Balaban J connectivity index is 2.06. The van der Waals surface area contributed by atoms with Crippen LogP contribution in [0.2, 0.25) is 0 Å². The number of aromatic nitrogens is 2. The summed E-state index contributed by atoms with van der Waals surface area (Å²) in [5, 5.41) is 6.84. The molecule has 2 aromatic carbocycles. The molecule has 1 aromatic heterocycles. The molecule has 0 aliphatic heterocycles. The number of nitrogens with two attached hydrogens (primary N) is 1. The second-order valence-electron chi connectivity index (χ2n) is 4.62. The maximum absolute atomic E-state index is 5.69. The zero-order chi connectivity index (χ0) is 13.2. The van der Waals surface area contributed by atoms with E-state index in [-0.39, 0.29) is 6.04 Å². The molecule has 1 unspecified atom stereocenters. The molecular formula is C15H16N4. The minimum Gasteiger partial charge on any atom is -0.275 e. The van der Waals surface area contributed by atoms with Crippen LogP contribution in [0.5, 0.6) is 0 Å². The Morgan fingerprint density at radius 3 is 2.58 bits per heavy atom. The van der Waals surface area contributed by atoms with Gasteiger partial charge in [0, 0.05) is 13.2 Å². The van der Waals surface area contributed by atoms with Crippen LogP contribution in [0.25, 0.3) is 10.8 Å². The molecule has 0 aliphatic carbocycles. The fourth-order valence-corrected chi connectivity index (χ4v) is 2.33. The van der Waals surface area contributed by atoms with Crippen molar-refractivity contribution in [2.45, 2.75) is 6.04 Å². The normalized spacial score (nSPS) is 12.7. The van der Waals surface area contributed by atoms with Gasteiger partial charge in [0.05, 0.1) is 11.7 Å². The van der Waals surface area contributed by atoms with Gasteiger partial charge in [0.2, 0.25) is 0 Å². The molecule has 1 heterocycles. The van der Waals surface area contributed by atoms with Crippen LogP contribution in [-0.4, -0.2) is 9.78 Å². The summed E-state index contributed by atoms with van der Waals surface area (Å²) in [6, 6.07) is 16.5. The third kappa shape index (κ3) is 2.23. The first kappa shape index (κ1) is 11.9. The van der Waals surface area contributed by atoms with E-state index in [1.165, 1.54) is 10.8 Å². The number of nitrogens with one attached hydrogen (secondary N) is 1. The number of benzene rings is 2. The van der Waals surface area contributed by atoms with E-state index in [0.717, 1.165) is 11.3 Å². The summed E-state index contributed by atoms with van der Waals surface area (Å²) in [5.74, 6) is 5.69. The number of hydrogen-bond donors (Lipinski definition) is 2. The van der Waals surface area contributed by atoms with Crippen LogP contribution in [0.15, 0.2) is 54.7 Å². The summed E-state index contributed by atoms with van der Waals surface area (Å²) in [5.41, 5.74) is 4.86. The van der Waals surface area contributed by atoms with Gasteiger partial charge in [-0.1, -0.05) is 36.4 Å². The van der Waals surface area contributed by atoms with Crippen molar-refractivity contribution in [3.63, 3.8) is 0 Å². The van der Waals surface area contributed by atoms with Gasteiger partial charge < -0.3 is 0 Å². The standard InChI is InChI=1S/C15H16N4/c1-19-9-8-14(18-19)15(17-16)13-7-6-11-4-2-3-5-12(11)10-13/h2-10,15,17H,16H2,1H3. The molecule has 0 saturated carbocycles. The largest absolute Gasteiger partial charge is 0.275 e. The Morgan fingerprint density at radius 1 is 1.11 bits per heavy atom. The summed E-state index contributed by atoms with van der Waals surface area (Å²) in [7, 11) is 1.90. The van der Waals surface area contributed by atoms with Crippen LogP contribution in [0, 0.1) is 0 Å². The predicted octanol–water partition coefficient (Wildman–Crippen LogP) is 2.13. The molecule has 4 nitrogen and oxygen atoms in total. The summed E-state index contributed by atoms with van der Waals surface area (Å²) >= 11 is 0. The molecule has 4 heteroatoms. The highest BCUT2D eigenvalue weighted by molar-refractivity contribution is 5.83. The van der Waals surface area contributed by atoms with Crippen molar-refractivity contribution in [3.05, 3.63) is 66.0 Å². The Bertz CT molecular complexity index is 702. The molecule has 96 valence electrons. The van der Waals surface area contributed by atoms with Crippen LogP contribution in [-0.2, 0) is 7.05 Å². The number of hydrogen-bond acceptors (Lipinski definition) is 3. The summed E-state index contributed by atoms with van der Waals surface area (Å²) in [6.45, 7) is 0. The first-order valence-corrected chi connectivity index (χ1v) is 6.22. The molecule has 0 radical (unpaired) electrons. The molecule has 0 amide bonds. The summed E-state index contributed by atoms with van der Waals surface area (Å²) in [6.07, 6.45) is 1.92. The number of nitrogens with zero attached hydrogens (tertiary/aromatic N) is 2. The van der Waals surface area contributed by atoms with E-state index in [1.807, 2.05) is 31.4 Å². The van der Waals surface area contributed by atoms with Crippen molar-refractivity contribution >= 4 is 10.8 Å². The van der Waals surface area contributed by atoms with Crippen molar-refractivity contribution in [1.29, 1.82) is 0 Å². The third-order valence-corrected chi connectivity index (χ3v) is 3.30. The predicted molar refractivity (Wildman–Crippen MR) is 76.3 cm³/mol. The third-order valence-electron chi connectivity index (χ3n) is 3.30. The quantitative estimate of drug-likeness (QED) is 0.554. The lowest BCUT2D eigenvalue weighted by atomic mass is 10.0. The molecule has 3 aromatic rings. The molecule has 3 N–H and O–H groups in total. The fourth-order valence-electron chi connectivity index (χ4n) is 2.33. The van der Waals surface area contributed by atoms with Crippen LogP contribution < -0.4 is 11.3 Å². The lowest BCUT2D eigenvalue weighted by Gasteiger charge is -2.14. The van der Waals surface area contributed by atoms with Crippen LogP contribution in [0.3, 0.4) is 0 Å². The van der Waals surface area contributed by atoms with Gasteiger partial charge >= 0.3 is 0 Å². The SMILES string of the molecule is Cn1ccc(C(NN)c2ccc3ccccc3c2)n1. The zero-order valence-electron chi connectivity index (χ0n) is 10.7. The van der Waals surface area contributed by atoms with Crippen LogP contribution >= 0.6 is 0 Å². The lowest BCUT2D eigenvalue weighted by molar-refractivity contribution is 0.604. The van der Waals surface area contributed by atoms with Crippen molar-refractivity contribution in [2.24, 2.45) is 12.9 Å². The van der Waals surface area contributed by atoms with E-state index in [0.29, 0.717) is 0 Å². The lowest BCUT2D eigenvalue weighted by Crippen LogP contribution is -2.29. The van der Waals surface area contributed by atoms with Crippen LogP contribution in [0.1, 0.15) is 17.3 Å². The second-order valence-corrected chi connectivity index (χ2v) is 4.62. The van der Waals surface area contributed by atoms with E-state index in [9.17, 15) is 0 Å². The van der Waals surface area contributed by atoms with E-state index in [4.69, 9.17) is 5.84 Å². The van der Waals surface area contributed by atoms with E-state index in [2.05, 4.69) is 40.9 Å². The minimum absolute atomic E-state index is 0.0918.